The summed E-state index contributed by atoms with van der Waals surface area (Å²) in [6.07, 6.45) is 1.49. The molecule has 4 rings (SSSR count). The minimum atomic E-state index is -0.291. The molecule has 0 saturated carbocycles. The van der Waals surface area contributed by atoms with E-state index in [9.17, 15) is 4.79 Å². The van der Waals surface area contributed by atoms with Crippen LogP contribution in [-0.2, 0) is 10.5 Å². The molecule has 0 saturated heterocycles. The van der Waals surface area contributed by atoms with Gasteiger partial charge in [0.1, 0.15) is 16.2 Å². The van der Waals surface area contributed by atoms with Crippen LogP contribution >= 0.6 is 23.1 Å². The maximum absolute atomic E-state index is 12.2. The Balaban J connectivity index is 1.64. The van der Waals surface area contributed by atoms with Crippen molar-refractivity contribution in [2.75, 3.05) is 0 Å². The molecule has 0 fully saturated rings. The molecule has 4 aromatic rings. The number of esters is 1. The number of ether oxygens (including phenoxy) is 1. The van der Waals surface area contributed by atoms with E-state index < -0.39 is 0 Å². The molecule has 0 bridgehead atoms. The van der Waals surface area contributed by atoms with Crippen molar-refractivity contribution in [2.45, 2.75) is 37.7 Å². The number of thioether (sulfide) groups is 1. The average molecular weight is 435 g/mol. The Bertz CT molecular complexity index is 1190. The van der Waals surface area contributed by atoms with Gasteiger partial charge in [-0.15, -0.1) is 23.1 Å². The van der Waals surface area contributed by atoms with Gasteiger partial charge in [-0.1, -0.05) is 42.5 Å². The minimum Gasteiger partial charge on any atom is -0.459 e. The predicted octanol–water partition coefficient (Wildman–Crippen LogP) is 6.52. The Kier molecular flexibility index (Phi) is 6.16. The number of carbonyl (C=O) groups excluding carboxylic acids is 1. The van der Waals surface area contributed by atoms with Crippen LogP contribution in [0.5, 0.6) is 0 Å². The fraction of sp³-hybridized carbons (Fsp3) is 0.208. The van der Waals surface area contributed by atoms with E-state index in [1.165, 1.54) is 16.0 Å². The van der Waals surface area contributed by atoms with E-state index in [0.717, 1.165) is 20.8 Å². The molecule has 30 heavy (non-hydrogen) atoms. The summed E-state index contributed by atoms with van der Waals surface area (Å²) in [7, 11) is 0. The van der Waals surface area contributed by atoms with Gasteiger partial charge in [0, 0.05) is 16.2 Å². The summed E-state index contributed by atoms with van der Waals surface area (Å²) in [6.45, 7) is 5.84. The number of carbonyl (C=O) groups is 1. The Morgan fingerprint density at radius 1 is 1.10 bits per heavy atom. The van der Waals surface area contributed by atoms with Crippen LogP contribution in [0.15, 0.2) is 66.0 Å². The first-order valence-corrected chi connectivity index (χ1v) is 11.6. The lowest BCUT2D eigenvalue weighted by Crippen LogP contribution is -2.11. The monoisotopic (exact) mass is 434 g/mol. The third-order valence-electron chi connectivity index (χ3n) is 4.57. The smallest absolute Gasteiger partial charge is 0.338 e. The summed E-state index contributed by atoms with van der Waals surface area (Å²) in [5, 5.41) is 2.06. The molecule has 0 unspecified atom stereocenters. The molecule has 0 spiro atoms. The molecule has 0 aliphatic carbocycles. The van der Waals surface area contributed by atoms with Crippen LogP contribution in [0.3, 0.4) is 0 Å². The number of benzene rings is 2. The van der Waals surface area contributed by atoms with E-state index >= 15 is 0 Å². The van der Waals surface area contributed by atoms with Crippen LogP contribution in [0.1, 0.15) is 34.6 Å². The standard InChI is InChI=1S/C24H22N2O2S2/c1-15(2)28-24(27)19-11-7-8-17(12-19)13-29-22-21-20(18-9-5-4-6-10-18)16(3)30-23(21)26-14-25-22/h4-12,14-15H,13H2,1-3H3. The van der Waals surface area contributed by atoms with Crippen molar-refractivity contribution in [2.24, 2.45) is 0 Å². The van der Waals surface area contributed by atoms with Crippen molar-refractivity contribution < 1.29 is 9.53 Å². The Morgan fingerprint density at radius 3 is 2.67 bits per heavy atom. The number of rotatable bonds is 6. The molecule has 6 heteroatoms. The number of fused-ring (bicyclic) bond motifs is 1. The van der Waals surface area contributed by atoms with Crippen LogP contribution in [-0.4, -0.2) is 22.0 Å². The van der Waals surface area contributed by atoms with E-state index in [1.807, 2.05) is 38.1 Å². The van der Waals surface area contributed by atoms with Gasteiger partial charge in [0.05, 0.1) is 17.1 Å². The molecule has 0 radical (unpaired) electrons. The first kappa shape index (κ1) is 20.6. The number of thiophene rings is 1. The highest BCUT2D eigenvalue weighted by Gasteiger charge is 2.17. The van der Waals surface area contributed by atoms with E-state index in [4.69, 9.17) is 4.74 Å². The van der Waals surface area contributed by atoms with Gasteiger partial charge in [-0.2, -0.15) is 0 Å². The van der Waals surface area contributed by atoms with Crippen LogP contribution in [0.25, 0.3) is 21.3 Å². The first-order valence-electron chi connectivity index (χ1n) is 9.75. The van der Waals surface area contributed by atoms with Crippen molar-refractivity contribution in [3.63, 3.8) is 0 Å². The van der Waals surface area contributed by atoms with Crippen LogP contribution in [0, 0.1) is 6.92 Å². The van der Waals surface area contributed by atoms with Crippen LogP contribution in [0.2, 0.25) is 0 Å². The fourth-order valence-electron chi connectivity index (χ4n) is 3.30. The molecule has 2 aromatic carbocycles. The van der Waals surface area contributed by atoms with Gasteiger partial charge in [-0.3, -0.25) is 0 Å². The van der Waals surface area contributed by atoms with Crippen molar-refractivity contribution in [3.05, 3.63) is 76.9 Å². The topological polar surface area (TPSA) is 52.1 Å². The van der Waals surface area contributed by atoms with Gasteiger partial charge in [0.2, 0.25) is 0 Å². The van der Waals surface area contributed by atoms with Gasteiger partial charge in [-0.05, 0) is 44.0 Å². The molecular weight excluding hydrogens is 412 g/mol. The predicted molar refractivity (Wildman–Crippen MR) is 124 cm³/mol. The normalized spacial score (nSPS) is 11.2. The third-order valence-corrected chi connectivity index (χ3v) is 6.65. The number of hydrogen-bond acceptors (Lipinski definition) is 6. The number of aromatic nitrogens is 2. The molecule has 4 nitrogen and oxygen atoms in total. The second kappa shape index (κ2) is 8.98. The second-order valence-electron chi connectivity index (χ2n) is 7.20. The van der Waals surface area contributed by atoms with Crippen molar-refractivity contribution >= 4 is 39.3 Å². The molecule has 0 aliphatic rings. The van der Waals surface area contributed by atoms with Gasteiger partial charge >= 0.3 is 5.97 Å². The SMILES string of the molecule is Cc1sc2ncnc(SCc3cccc(C(=O)OC(C)C)c3)c2c1-c1ccccc1. The summed E-state index contributed by atoms with van der Waals surface area (Å²) in [6, 6.07) is 18.0. The van der Waals surface area contributed by atoms with Gasteiger partial charge in [0.25, 0.3) is 0 Å². The highest BCUT2D eigenvalue weighted by atomic mass is 32.2. The van der Waals surface area contributed by atoms with Gasteiger partial charge in [-0.25, -0.2) is 14.8 Å². The molecule has 2 heterocycles. The van der Waals surface area contributed by atoms with E-state index in [-0.39, 0.29) is 12.1 Å². The highest BCUT2D eigenvalue weighted by Crippen LogP contribution is 2.41. The maximum Gasteiger partial charge on any atom is 0.338 e. The first-order chi connectivity index (χ1) is 14.5. The van der Waals surface area contributed by atoms with Gasteiger partial charge < -0.3 is 4.74 Å². The Labute approximate surface area is 184 Å². The zero-order chi connectivity index (χ0) is 21.1. The maximum atomic E-state index is 12.2. The van der Waals surface area contributed by atoms with Crippen molar-refractivity contribution in [1.29, 1.82) is 0 Å². The summed E-state index contributed by atoms with van der Waals surface area (Å²) in [5.74, 6) is 0.416. The fourth-order valence-corrected chi connectivity index (χ4v) is 5.33. The zero-order valence-corrected chi connectivity index (χ0v) is 18.7. The lowest BCUT2D eigenvalue weighted by Gasteiger charge is -2.09. The quantitative estimate of drug-likeness (QED) is 0.196. The molecule has 0 atom stereocenters. The van der Waals surface area contributed by atoms with E-state index in [2.05, 4.69) is 41.2 Å². The van der Waals surface area contributed by atoms with Crippen LogP contribution < -0.4 is 0 Å². The highest BCUT2D eigenvalue weighted by molar-refractivity contribution is 7.98. The second-order valence-corrected chi connectivity index (χ2v) is 9.37. The lowest BCUT2D eigenvalue weighted by molar-refractivity contribution is 0.0378. The van der Waals surface area contributed by atoms with Crippen molar-refractivity contribution in [1.82, 2.24) is 9.97 Å². The van der Waals surface area contributed by atoms with E-state index in [1.54, 1.807) is 35.5 Å². The molecular formula is C24H22N2O2S2. The van der Waals surface area contributed by atoms with Gasteiger partial charge in [0.15, 0.2) is 0 Å². The largest absolute Gasteiger partial charge is 0.459 e. The average Bonchev–Trinajstić information content (AvgIpc) is 3.09. The lowest BCUT2D eigenvalue weighted by atomic mass is 10.0. The summed E-state index contributed by atoms with van der Waals surface area (Å²) >= 11 is 3.36. The van der Waals surface area contributed by atoms with Crippen molar-refractivity contribution in [3.8, 4) is 11.1 Å². The zero-order valence-electron chi connectivity index (χ0n) is 17.1. The Morgan fingerprint density at radius 2 is 1.90 bits per heavy atom. The van der Waals surface area contributed by atoms with E-state index in [0.29, 0.717) is 11.3 Å². The summed E-state index contributed by atoms with van der Waals surface area (Å²) < 4.78 is 5.31. The molecule has 2 aromatic heterocycles. The summed E-state index contributed by atoms with van der Waals surface area (Å²) in [4.78, 5) is 23.5. The Hall–Kier alpha value is -2.70. The number of aryl methyl sites for hydroxylation is 1. The minimum absolute atomic E-state index is 0.136. The third kappa shape index (κ3) is 4.40. The number of nitrogens with zero attached hydrogens (tertiary/aromatic N) is 2. The molecule has 0 N–H and O–H groups in total. The molecule has 0 aliphatic heterocycles. The molecule has 152 valence electrons. The number of hydrogen-bond donors (Lipinski definition) is 0. The molecule has 0 amide bonds. The summed E-state index contributed by atoms with van der Waals surface area (Å²) in [5.41, 5.74) is 4.01. The van der Waals surface area contributed by atoms with Crippen LogP contribution in [0.4, 0.5) is 0 Å².